The van der Waals surface area contributed by atoms with Gasteiger partial charge >= 0.3 is 6.09 Å². The first-order chi connectivity index (χ1) is 11.3. The highest BCUT2D eigenvalue weighted by molar-refractivity contribution is 5.95. The Balaban J connectivity index is 1.74. The van der Waals surface area contributed by atoms with Crippen molar-refractivity contribution in [3.8, 4) is 0 Å². The molecule has 134 valence electrons. The van der Waals surface area contributed by atoms with Crippen LogP contribution in [0, 0.1) is 6.92 Å². The van der Waals surface area contributed by atoms with Gasteiger partial charge in [-0.15, -0.1) is 0 Å². The van der Waals surface area contributed by atoms with Gasteiger partial charge in [0.2, 0.25) is 0 Å². The van der Waals surface area contributed by atoms with Crippen LogP contribution in [0.2, 0.25) is 0 Å². The van der Waals surface area contributed by atoms with Crippen LogP contribution in [0.1, 0.15) is 62.4 Å². The van der Waals surface area contributed by atoms with E-state index in [1.54, 1.807) is 6.20 Å². The van der Waals surface area contributed by atoms with Crippen molar-refractivity contribution in [2.45, 2.75) is 65.0 Å². The minimum absolute atomic E-state index is 0.0517. The number of nitrogens with one attached hydrogen (secondary N) is 2. The highest BCUT2D eigenvalue weighted by atomic mass is 16.6. The summed E-state index contributed by atoms with van der Waals surface area (Å²) in [6, 6.07) is 0.214. The third kappa shape index (κ3) is 5.01. The minimum atomic E-state index is -0.466. The molecular formula is C18H29N3O3. The summed E-state index contributed by atoms with van der Waals surface area (Å²) >= 11 is 0. The van der Waals surface area contributed by atoms with Crippen molar-refractivity contribution in [3.63, 3.8) is 0 Å². The van der Waals surface area contributed by atoms with Gasteiger partial charge in [-0.2, -0.15) is 0 Å². The second-order valence-corrected chi connectivity index (χ2v) is 7.42. The van der Waals surface area contributed by atoms with Crippen molar-refractivity contribution >= 4 is 12.0 Å². The summed E-state index contributed by atoms with van der Waals surface area (Å²) in [6.07, 6.45) is 7.04. The van der Waals surface area contributed by atoms with E-state index in [0.717, 1.165) is 37.8 Å². The Labute approximate surface area is 143 Å². The van der Waals surface area contributed by atoms with Crippen molar-refractivity contribution in [3.05, 3.63) is 23.5 Å². The van der Waals surface area contributed by atoms with E-state index in [4.69, 9.17) is 4.74 Å². The molecule has 0 unspecified atom stereocenters. The number of aromatic nitrogens is 1. The van der Waals surface area contributed by atoms with Crippen molar-refractivity contribution in [2.75, 3.05) is 13.1 Å². The molecule has 0 aromatic carbocycles. The number of rotatable bonds is 5. The molecule has 2 N–H and O–H groups in total. The number of hydrogen-bond acceptors (Lipinski definition) is 3. The van der Waals surface area contributed by atoms with Gasteiger partial charge in [0.1, 0.15) is 5.60 Å². The number of hydrogen-bond donors (Lipinski definition) is 2. The summed E-state index contributed by atoms with van der Waals surface area (Å²) in [5, 5.41) is 2.94. The molecule has 2 heterocycles. The number of aryl methyl sites for hydroxylation is 1. The van der Waals surface area contributed by atoms with E-state index in [1.165, 1.54) is 0 Å². The largest absolute Gasteiger partial charge is 0.444 e. The van der Waals surface area contributed by atoms with E-state index in [9.17, 15) is 9.59 Å². The fourth-order valence-corrected chi connectivity index (χ4v) is 3.02. The molecular weight excluding hydrogens is 306 g/mol. The third-order valence-electron chi connectivity index (χ3n) is 4.20. The molecule has 1 aliphatic heterocycles. The predicted octanol–water partition coefficient (Wildman–Crippen LogP) is 3.23. The van der Waals surface area contributed by atoms with Gasteiger partial charge in [0.25, 0.3) is 5.91 Å². The molecule has 1 aromatic heterocycles. The topological polar surface area (TPSA) is 74.4 Å². The molecule has 0 spiro atoms. The third-order valence-corrected chi connectivity index (χ3v) is 4.20. The molecule has 24 heavy (non-hydrogen) atoms. The molecule has 0 radical (unpaired) electrons. The number of likely N-dealkylation sites (tertiary alicyclic amines) is 1. The molecule has 0 aliphatic carbocycles. The molecule has 1 saturated heterocycles. The fraction of sp³-hybridized carbons (Fsp3) is 0.667. The van der Waals surface area contributed by atoms with Crippen LogP contribution in [0.4, 0.5) is 4.79 Å². The minimum Gasteiger partial charge on any atom is -0.444 e. The average molecular weight is 335 g/mol. The Morgan fingerprint density at radius 1 is 1.38 bits per heavy atom. The van der Waals surface area contributed by atoms with Crippen LogP contribution in [0.15, 0.2) is 12.4 Å². The van der Waals surface area contributed by atoms with Gasteiger partial charge in [0.15, 0.2) is 0 Å². The summed E-state index contributed by atoms with van der Waals surface area (Å²) in [4.78, 5) is 29.0. The van der Waals surface area contributed by atoms with E-state index >= 15 is 0 Å². The maximum Gasteiger partial charge on any atom is 0.410 e. The molecule has 1 atom stereocenters. The molecule has 6 heteroatoms. The summed E-state index contributed by atoms with van der Waals surface area (Å²) in [5.41, 5.74) is 1.16. The van der Waals surface area contributed by atoms with Crippen LogP contribution in [0.25, 0.3) is 0 Å². The Bertz CT molecular complexity index is 574. The van der Waals surface area contributed by atoms with E-state index in [2.05, 4.69) is 10.3 Å². The lowest BCUT2D eigenvalue weighted by molar-refractivity contribution is 0.0218. The van der Waals surface area contributed by atoms with Gasteiger partial charge in [-0.25, -0.2) is 4.79 Å². The average Bonchev–Trinajstić information content (AvgIpc) is 3.10. The molecule has 2 amide bonds. The van der Waals surface area contributed by atoms with Crippen LogP contribution in [0.3, 0.4) is 0 Å². The van der Waals surface area contributed by atoms with Crippen LogP contribution in [0.5, 0.6) is 0 Å². The first kappa shape index (κ1) is 18.4. The second-order valence-electron chi connectivity index (χ2n) is 7.42. The van der Waals surface area contributed by atoms with Crippen LogP contribution < -0.4 is 5.32 Å². The number of carbonyl (C=O) groups excluding carboxylic acids is 2. The number of ether oxygens (including phenoxy) is 1. The summed E-state index contributed by atoms with van der Waals surface area (Å²) in [7, 11) is 0. The number of nitrogens with zero attached hydrogens (tertiary/aromatic N) is 1. The maximum absolute atomic E-state index is 12.2. The molecule has 1 aromatic rings. The van der Waals surface area contributed by atoms with Crippen molar-refractivity contribution in [2.24, 2.45) is 0 Å². The summed E-state index contributed by atoms with van der Waals surface area (Å²) < 4.78 is 5.47. The maximum atomic E-state index is 12.2. The fourth-order valence-electron chi connectivity index (χ4n) is 3.02. The quantitative estimate of drug-likeness (QED) is 0.811. The molecule has 0 saturated carbocycles. The Hall–Kier alpha value is -1.98. The van der Waals surface area contributed by atoms with E-state index < -0.39 is 5.60 Å². The smallest absolute Gasteiger partial charge is 0.410 e. The van der Waals surface area contributed by atoms with Gasteiger partial charge in [-0.05, 0) is 58.9 Å². The molecule has 1 fully saturated rings. The van der Waals surface area contributed by atoms with Crippen molar-refractivity contribution in [1.82, 2.24) is 15.2 Å². The van der Waals surface area contributed by atoms with Crippen molar-refractivity contribution in [1.29, 1.82) is 0 Å². The summed E-state index contributed by atoms with van der Waals surface area (Å²) in [5.74, 6) is -0.0517. The van der Waals surface area contributed by atoms with Gasteiger partial charge in [0, 0.05) is 31.5 Å². The zero-order valence-electron chi connectivity index (χ0n) is 15.1. The van der Waals surface area contributed by atoms with E-state index in [1.807, 2.05) is 38.8 Å². The predicted molar refractivity (Wildman–Crippen MR) is 93.1 cm³/mol. The van der Waals surface area contributed by atoms with Gasteiger partial charge in [-0.1, -0.05) is 0 Å². The Kier molecular flexibility index (Phi) is 5.91. The first-order valence-corrected chi connectivity index (χ1v) is 8.69. The lowest BCUT2D eigenvalue weighted by atomic mass is 10.1. The lowest BCUT2D eigenvalue weighted by Gasteiger charge is -2.28. The number of H-pyrrole nitrogens is 1. The normalized spacial score (nSPS) is 17.8. The SMILES string of the molecule is Cc1c[nH]cc1C(=O)NCCC[C@H]1CCCN1C(=O)OC(C)(C)C. The molecule has 2 rings (SSSR count). The Morgan fingerprint density at radius 3 is 2.75 bits per heavy atom. The number of carbonyl (C=O) groups is 2. The summed E-state index contributed by atoms with van der Waals surface area (Å²) in [6.45, 7) is 8.93. The van der Waals surface area contributed by atoms with E-state index in [-0.39, 0.29) is 18.0 Å². The lowest BCUT2D eigenvalue weighted by Crippen LogP contribution is -2.40. The van der Waals surface area contributed by atoms with Crippen LogP contribution in [-0.4, -0.2) is 46.6 Å². The molecule has 0 bridgehead atoms. The van der Waals surface area contributed by atoms with E-state index in [0.29, 0.717) is 12.1 Å². The second kappa shape index (κ2) is 7.73. The van der Waals surface area contributed by atoms with Crippen LogP contribution >= 0.6 is 0 Å². The van der Waals surface area contributed by atoms with Gasteiger partial charge in [0.05, 0.1) is 5.56 Å². The monoisotopic (exact) mass is 335 g/mol. The van der Waals surface area contributed by atoms with Crippen molar-refractivity contribution < 1.29 is 14.3 Å². The standard InChI is InChI=1S/C18H29N3O3/c1-13-11-19-12-15(13)16(22)20-9-5-7-14-8-6-10-21(14)17(23)24-18(2,3)4/h11-12,14,19H,5-10H2,1-4H3,(H,20,22)/t14-/m0/s1. The van der Waals surface area contributed by atoms with Gasteiger partial charge in [-0.3, -0.25) is 4.79 Å². The zero-order chi connectivity index (χ0) is 17.7. The number of aromatic amines is 1. The molecule has 6 nitrogen and oxygen atoms in total. The Morgan fingerprint density at radius 2 is 2.12 bits per heavy atom. The first-order valence-electron chi connectivity index (χ1n) is 8.69. The highest BCUT2D eigenvalue weighted by Crippen LogP contribution is 2.23. The number of amides is 2. The van der Waals surface area contributed by atoms with Gasteiger partial charge < -0.3 is 19.9 Å². The molecule has 1 aliphatic rings. The van der Waals surface area contributed by atoms with Crippen LogP contribution in [-0.2, 0) is 4.74 Å². The highest BCUT2D eigenvalue weighted by Gasteiger charge is 2.31. The zero-order valence-corrected chi connectivity index (χ0v) is 15.1.